The number of fused-ring (bicyclic) bond motifs is 1. The lowest BCUT2D eigenvalue weighted by Crippen LogP contribution is -2.33. The maximum absolute atomic E-state index is 13.2. The number of halogens is 1. The quantitative estimate of drug-likeness (QED) is 0.858. The molecule has 0 aliphatic carbocycles. The van der Waals surface area contributed by atoms with E-state index >= 15 is 0 Å². The van der Waals surface area contributed by atoms with Crippen molar-refractivity contribution in [2.24, 2.45) is 0 Å². The second kappa shape index (κ2) is 5.32. The minimum atomic E-state index is -0.361. The molecule has 2 nitrogen and oxygen atoms in total. The van der Waals surface area contributed by atoms with Crippen molar-refractivity contribution in [1.29, 1.82) is 0 Å². The molecule has 0 saturated heterocycles. The molecule has 3 heteroatoms. The summed E-state index contributed by atoms with van der Waals surface area (Å²) in [6, 6.07) is 7.94. The average Bonchev–Trinajstić information content (AvgIpc) is 2.77. The molecule has 0 aliphatic heterocycles. The molecule has 0 bridgehead atoms. The third kappa shape index (κ3) is 2.50. The average molecular weight is 235 g/mol. The van der Waals surface area contributed by atoms with Crippen LogP contribution in [0.2, 0.25) is 0 Å². The zero-order chi connectivity index (χ0) is 12.3. The molecule has 0 saturated carbocycles. The Labute approximate surface area is 101 Å². The Morgan fingerprint density at radius 3 is 2.88 bits per heavy atom. The van der Waals surface area contributed by atoms with Crippen LogP contribution < -0.4 is 5.32 Å². The second-order valence-electron chi connectivity index (χ2n) is 4.33. The van der Waals surface area contributed by atoms with Crippen molar-refractivity contribution in [3.63, 3.8) is 0 Å². The molecular formula is C14H18FNO. The molecule has 0 fully saturated rings. The van der Waals surface area contributed by atoms with Gasteiger partial charge in [-0.15, -0.1) is 0 Å². The van der Waals surface area contributed by atoms with Gasteiger partial charge in [0, 0.05) is 17.3 Å². The molecule has 17 heavy (non-hydrogen) atoms. The molecule has 0 radical (unpaired) electrons. The monoisotopic (exact) mass is 235 g/mol. The van der Waals surface area contributed by atoms with Gasteiger partial charge in [0.15, 0.2) is 0 Å². The van der Waals surface area contributed by atoms with Crippen molar-refractivity contribution in [1.82, 2.24) is 5.32 Å². The van der Waals surface area contributed by atoms with Crippen LogP contribution in [0.25, 0.3) is 11.0 Å². The van der Waals surface area contributed by atoms with Crippen LogP contribution in [-0.4, -0.2) is 19.3 Å². The van der Waals surface area contributed by atoms with E-state index in [9.17, 15) is 4.39 Å². The highest BCUT2D eigenvalue weighted by Gasteiger charge is 2.19. The van der Waals surface area contributed by atoms with Crippen LogP contribution in [0.5, 0.6) is 0 Å². The van der Waals surface area contributed by atoms with Gasteiger partial charge < -0.3 is 9.73 Å². The minimum absolute atomic E-state index is 0.121. The molecule has 1 aromatic heterocycles. The van der Waals surface area contributed by atoms with Crippen LogP contribution in [0.1, 0.15) is 25.3 Å². The Bertz CT molecular complexity index is 480. The predicted molar refractivity (Wildman–Crippen MR) is 68.1 cm³/mol. The van der Waals surface area contributed by atoms with E-state index in [2.05, 4.69) is 5.32 Å². The van der Waals surface area contributed by atoms with Gasteiger partial charge in [0.05, 0.1) is 12.9 Å². The fourth-order valence-electron chi connectivity index (χ4n) is 2.18. The van der Waals surface area contributed by atoms with Crippen molar-refractivity contribution >= 4 is 11.0 Å². The van der Waals surface area contributed by atoms with Gasteiger partial charge in [0.2, 0.25) is 0 Å². The smallest absolute Gasteiger partial charge is 0.134 e. The van der Waals surface area contributed by atoms with E-state index in [4.69, 9.17) is 4.42 Å². The summed E-state index contributed by atoms with van der Waals surface area (Å²) in [5.41, 5.74) is 1.81. The Balaban J connectivity index is 2.28. The van der Waals surface area contributed by atoms with Gasteiger partial charge in [0.25, 0.3) is 0 Å². The molecule has 2 rings (SSSR count). The maximum Gasteiger partial charge on any atom is 0.134 e. The van der Waals surface area contributed by atoms with Gasteiger partial charge >= 0.3 is 0 Å². The van der Waals surface area contributed by atoms with Crippen LogP contribution in [0.4, 0.5) is 4.39 Å². The first-order valence-corrected chi connectivity index (χ1v) is 6.02. The molecule has 1 aromatic carbocycles. The van der Waals surface area contributed by atoms with Crippen LogP contribution in [0.3, 0.4) is 0 Å². The van der Waals surface area contributed by atoms with Gasteiger partial charge in [-0.1, -0.05) is 19.1 Å². The summed E-state index contributed by atoms with van der Waals surface area (Å²) in [7, 11) is 0. The molecule has 1 N–H and O–H groups in total. The summed E-state index contributed by atoms with van der Waals surface area (Å²) in [6.45, 7) is 4.53. The molecule has 92 valence electrons. The van der Waals surface area contributed by atoms with Crippen LogP contribution in [0.15, 0.2) is 34.9 Å². The van der Waals surface area contributed by atoms with Crippen molar-refractivity contribution < 1.29 is 8.81 Å². The minimum Gasteiger partial charge on any atom is -0.464 e. The fraction of sp³-hybridized carbons (Fsp3) is 0.429. The molecule has 1 heterocycles. The maximum atomic E-state index is 13.2. The molecule has 2 aromatic rings. The topological polar surface area (TPSA) is 25.2 Å². The zero-order valence-electron chi connectivity index (χ0n) is 10.2. The summed E-state index contributed by atoms with van der Waals surface area (Å²) >= 11 is 0. The molecule has 2 atom stereocenters. The van der Waals surface area contributed by atoms with E-state index in [-0.39, 0.29) is 18.6 Å². The number of nitrogens with one attached hydrogen (secondary N) is 1. The first kappa shape index (κ1) is 12.1. The zero-order valence-corrected chi connectivity index (χ0v) is 10.2. The Kier molecular flexibility index (Phi) is 3.79. The van der Waals surface area contributed by atoms with Gasteiger partial charge in [-0.2, -0.15) is 0 Å². The van der Waals surface area contributed by atoms with E-state index in [1.165, 1.54) is 0 Å². The van der Waals surface area contributed by atoms with Gasteiger partial charge in [-0.3, -0.25) is 4.39 Å². The number of rotatable bonds is 5. The Morgan fingerprint density at radius 1 is 1.35 bits per heavy atom. The number of hydrogen-bond acceptors (Lipinski definition) is 2. The van der Waals surface area contributed by atoms with Gasteiger partial charge in [-0.05, 0) is 31.2 Å². The van der Waals surface area contributed by atoms with Crippen LogP contribution in [-0.2, 0) is 0 Å². The molecular weight excluding hydrogens is 217 g/mol. The number of alkyl halides is 1. The second-order valence-corrected chi connectivity index (χ2v) is 4.33. The summed E-state index contributed by atoms with van der Waals surface area (Å²) in [4.78, 5) is 0. The lowest BCUT2D eigenvalue weighted by Gasteiger charge is -2.22. The van der Waals surface area contributed by atoms with Crippen molar-refractivity contribution in [2.45, 2.75) is 25.8 Å². The van der Waals surface area contributed by atoms with Crippen molar-refractivity contribution in [3.05, 3.63) is 36.1 Å². The Hall–Kier alpha value is -1.35. The summed E-state index contributed by atoms with van der Waals surface area (Å²) in [5.74, 6) is -0.121. The third-order valence-electron chi connectivity index (χ3n) is 3.20. The first-order chi connectivity index (χ1) is 8.26. The lowest BCUT2D eigenvalue weighted by molar-refractivity contribution is 0.364. The molecule has 0 aliphatic rings. The van der Waals surface area contributed by atoms with Gasteiger partial charge in [0.1, 0.15) is 5.58 Å². The van der Waals surface area contributed by atoms with E-state index in [0.717, 1.165) is 23.1 Å². The van der Waals surface area contributed by atoms with Crippen LogP contribution >= 0.6 is 0 Å². The molecule has 2 unspecified atom stereocenters. The van der Waals surface area contributed by atoms with Crippen molar-refractivity contribution in [2.75, 3.05) is 13.2 Å². The number of furan rings is 1. The normalized spacial score (nSPS) is 15.0. The largest absolute Gasteiger partial charge is 0.464 e. The van der Waals surface area contributed by atoms with E-state index in [1.807, 2.05) is 38.1 Å². The number of benzene rings is 1. The Morgan fingerprint density at radius 2 is 2.18 bits per heavy atom. The SMILES string of the molecule is CCNC(C)C(CF)c1ccc2ccoc2c1. The summed E-state index contributed by atoms with van der Waals surface area (Å²) in [6.07, 6.45) is 1.66. The highest BCUT2D eigenvalue weighted by atomic mass is 19.1. The summed E-state index contributed by atoms with van der Waals surface area (Å²) in [5, 5.41) is 4.32. The van der Waals surface area contributed by atoms with Gasteiger partial charge in [-0.25, -0.2) is 0 Å². The number of hydrogen-bond donors (Lipinski definition) is 1. The van der Waals surface area contributed by atoms with Crippen LogP contribution in [0, 0.1) is 0 Å². The standard InChI is InChI=1S/C14H18FNO/c1-3-16-10(2)13(9-15)12-5-4-11-6-7-17-14(11)8-12/h4-8,10,13,16H,3,9H2,1-2H3. The van der Waals surface area contributed by atoms with E-state index in [1.54, 1.807) is 6.26 Å². The van der Waals surface area contributed by atoms with E-state index in [0.29, 0.717) is 0 Å². The molecule has 0 amide bonds. The number of likely N-dealkylation sites (N-methyl/N-ethyl adjacent to an activating group) is 1. The third-order valence-corrected chi connectivity index (χ3v) is 3.20. The van der Waals surface area contributed by atoms with E-state index < -0.39 is 0 Å². The fourth-order valence-corrected chi connectivity index (χ4v) is 2.18. The molecule has 0 spiro atoms. The first-order valence-electron chi connectivity index (χ1n) is 6.02. The summed E-state index contributed by atoms with van der Waals surface area (Å²) < 4.78 is 18.5. The highest BCUT2D eigenvalue weighted by molar-refractivity contribution is 5.77. The lowest BCUT2D eigenvalue weighted by atomic mass is 9.93. The predicted octanol–water partition coefficient (Wildman–Crippen LogP) is 3.48. The van der Waals surface area contributed by atoms with Crippen molar-refractivity contribution in [3.8, 4) is 0 Å². The highest BCUT2D eigenvalue weighted by Crippen LogP contribution is 2.25.